The number of Topliss-reactive ketones (excluding diaryl/α,β-unsaturated/α-hetero) is 1. The zero-order valence-corrected chi connectivity index (χ0v) is 16.4. The molecule has 0 spiro atoms. The fourth-order valence-corrected chi connectivity index (χ4v) is 2.93. The first-order valence-corrected chi connectivity index (χ1v) is 9.10. The summed E-state index contributed by atoms with van der Waals surface area (Å²) in [7, 11) is 0. The quantitative estimate of drug-likeness (QED) is 0.489. The second kappa shape index (κ2) is 8.56. The molecule has 1 amide bonds. The van der Waals surface area contributed by atoms with Gasteiger partial charge >= 0.3 is 5.97 Å². The van der Waals surface area contributed by atoms with Gasteiger partial charge in [-0.05, 0) is 39.0 Å². The van der Waals surface area contributed by atoms with Crippen LogP contribution in [0.1, 0.15) is 50.8 Å². The summed E-state index contributed by atoms with van der Waals surface area (Å²) in [6.07, 6.45) is -1.17. The lowest BCUT2D eigenvalue weighted by molar-refractivity contribution is -0.125. The fourth-order valence-electron chi connectivity index (χ4n) is 2.93. The first-order chi connectivity index (χ1) is 13.8. The Morgan fingerprint density at radius 3 is 2.31 bits per heavy atom. The smallest absolute Gasteiger partial charge is 0.342 e. The Balaban J connectivity index is 1.86. The highest BCUT2D eigenvalue weighted by molar-refractivity contribution is 6.00. The molecule has 6 nitrogen and oxygen atoms in total. The highest BCUT2D eigenvalue weighted by Gasteiger charge is 2.27. The van der Waals surface area contributed by atoms with Crippen LogP contribution in [0.15, 0.2) is 65.1 Å². The predicted octanol–water partition coefficient (Wildman–Crippen LogP) is 4.64. The molecule has 1 N–H and O–H groups in total. The van der Waals surface area contributed by atoms with Gasteiger partial charge in [-0.25, -0.2) is 4.79 Å². The minimum atomic E-state index is -1.17. The third-order valence-electron chi connectivity index (χ3n) is 4.36. The lowest BCUT2D eigenvalue weighted by atomic mass is 10.1. The lowest BCUT2D eigenvalue weighted by Crippen LogP contribution is -2.26. The molecule has 1 heterocycles. The highest BCUT2D eigenvalue weighted by atomic mass is 16.5. The number of hydrogen-bond donors (Lipinski definition) is 1. The standard InChI is InChI=1S/C23H21NO5/c1-14-12-20(16(3)28-14)23(27)29-21(17-8-5-4-6-9-17)22(26)24-19-11-7-10-18(13-19)15(2)25/h4-13,21H,1-3H3,(H,24,26). The molecule has 2 aromatic carbocycles. The fraction of sp³-hybridized carbons (Fsp3) is 0.174. The van der Waals surface area contributed by atoms with E-state index in [4.69, 9.17) is 9.15 Å². The lowest BCUT2D eigenvalue weighted by Gasteiger charge is -2.18. The number of esters is 1. The monoisotopic (exact) mass is 391 g/mol. The van der Waals surface area contributed by atoms with Crippen molar-refractivity contribution in [2.75, 3.05) is 5.32 Å². The van der Waals surface area contributed by atoms with Crippen LogP contribution in [0.2, 0.25) is 0 Å². The summed E-state index contributed by atoms with van der Waals surface area (Å²) in [6, 6.07) is 16.9. The molecular formula is C23H21NO5. The van der Waals surface area contributed by atoms with E-state index in [9.17, 15) is 14.4 Å². The van der Waals surface area contributed by atoms with Gasteiger partial charge in [-0.1, -0.05) is 42.5 Å². The minimum absolute atomic E-state index is 0.113. The molecular weight excluding hydrogens is 370 g/mol. The Morgan fingerprint density at radius 1 is 0.966 bits per heavy atom. The van der Waals surface area contributed by atoms with Crippen LogP contribution in [0.5, 0.6) is 0 Å². The molecule has 0 aliphatic rings. The van der Waals surface area contributed by atoms with Crippen molar-refractivity contribution in [3.05, 3.63) is 88.9 Å². The molecule has 148 valence electrons. The van der Waals surface area contributed by atoms with Crippen LogP contribution in [-0.4, -0.2) is 17.7 Å². The maximum atomic E-state index is 13.0. The van der Waals surface area contributed by atoms with Crippen molar-refractivity contribution in [1.29, 1.82) is 0 Å². The Bertz CT molecular complexity index is 1050. The summed E-state index contributed by atoms with van der Waals surface area (Å²) in [6.45, 7) is 4.84. The van der Waals surface area contributed by atoms with Gasteiger partial charge < -0.3 is 14.5 Å². The topological polar surface area (TPSA) is 85.6 Å². The molecule has 0 radical (unpaired) electrons. The zero-order valence-electron chi connectivity index (χ0n) is 16.4. The number of carbonyl (C=O) groups excluding carboxylic acids is 3. The molecule has 1 aromatic heterocycles. The van der Waals surface area contributed by atoms with Crippen LogP contribution in [0.25, 0.3) is 0 Å². The van der Waals surface area contributed by atoms with Crippen molar-refractivity contribution in [1.82, 2.24) is 0 Å². The van der Waals surface area contributed by atoms with Crippen molar-refractivity contribution in [3.63, 3.8) is 0 Å². The van der Waals surface area contributed by atoms with Crippen LogP contribution in [0.4, 0.5) is 5.69 Å². The van der Waals surface area contributed by atoms with E-state index in [2.05, 4.69) is 5.32 Å². The number of ketones is 1. The van der Waals surface area contributed by atoms with Crippen LogP contribution in [0, 0.1) is 13.8 Å². The molecule has 0 aliphatic heterocycles. The average molecular weight is 391 g/mol. The molecule has 3 rings (SSSR count). The number of hydrogen-bond acceptors (Lipinski definition) is 5. The van der Waals surface area contributed by atoms with E-state index >= 15 is 0 Å². The van der Waals surface area contributed by atoms with Gasteiger partial charge in [0.25, 0.3) is 5.91 Å². The van der Waals surface area contributed by atoms with Crippen LogP contribution in [-0.2, 0) is 9.53 Å². The van der Waals surface area contributed by atoms with Gasteiger partial charge in [0, 0.05) is 16.8 Å². The Kier molecular flexibility index (Phi) is 5.93. The van der Waals surface area contributed by atoms with Gasteiger partial charge in [0.2, 0.25) is 6.10 Å². The van der Waals surface area contributed by atoms with E-state index < -0.39 is 18.0 Å². The van der Waals surface area contributed by atoms with Gasteiger partial charge in [-0.3, -0.25) is 9.59 Å². The molecule has 0 saturated carbocycles. The van der Waals surface area contributed by atoms with Gasteiger partial charge in [-0.15, -0.1) is 0 Å². The normalized spacial score (nSPS) is 11.6. The first kappa shape index (κ1) is 20.1. The summed E-state index contributed by atoms with van der Waals surface area (Å²) in [4.78, 5) is 37.2. The number of nitrogens with one attached hydrogen (secondary N) is 1. The Morgan fingerprint density at radius 2 is 1.69 bits per heavy atom. The van der Waals surface area contributed by atoms with E-state index in [1.807, 2.05) is 0 Å². The maximum absolute atomic E-state index is 13.0. The van der Waals surface area contributed by atoms with E-state index in [-0.39, 0.29) is 11.3 Å². The average Bonchev–Trinajstić information content (AvgIpc) is 3.05. The van der Waals surface area contributed by atoms with E-state index in [0.29, 0.717) is 28.3 Å². The Labute approximate surface area is 168 Å². The maximum Gasteiger partial charge on any atom is 0.342 e. The van der Waals surface area contributed by atoms with Crippen molar-refractivity contribution in [2.45, 2.75) is 26.9 Å². The van der Waals surface area contributed by atoms with Crippen molar-refractivity contribution < 1.29 is 23.5 Å². The molecule has 0 fully saturated rings. The molecule has 0 bridgehead atoms. The number of benzene rings is 2. The van der Waals surface area contributed by atoms with Crippen molar-refractivity contribution in [3.8, 4) is 0 Å². The predicted molar refractivity (Wildman–Crippen MR) is 108 cm³/mol. The van der Waals surface area contributed by atoms with Gasteiger partial charge in [0.1, 0.15) is 17.1 Å². The number of rotatable bonds is 6. The van der Waals surface area contributed by atoms with Gasteiger partial charge in [0.15, 0.2) is 5.78 Å². The molecule has 1 atom stereocenters. The number of aryl methyl sites for hydroxylation is 2. The third kappa shape index (κ3) is 4.79. The van der Waals surface area contributed by atoms with Crippen molar-refractivity contribution >= 4 is 23.3 Å². The molecule has 3 aromatic rings. The number of amides is 1. The molecule has 0 aliphatic carbocycles. The Hall–Kier alpha value is -3.67. The second-order valence-electron chi connectivity index (χ2n) is 6.65. The third-order valence-corrected chi connectivity index (χ3v) is 4.36. The molecule has 1 unspecified atom stereocenters. The number of carbonyl (C=O) groups is 3. The number of anilines is 1. The largest absolute Gasteiger partial charge is 0.466 e. The SMILES string of the molecule is CC(=O)c1cccc(NC(=O)C(OC(=O)c2cc(C)oc2C)c2ccccc2)c1. The van der Waals surface area contributed by atoms with E-state index in [1.54, 1.807) is 74.5 Å². The van der Waals surface area contributed by atoms with E-state index in [1.165, 1.54) is 6.92 Å². The summed E-state index contributed by atoms with van der Waals surface area (Å²) in [5.41, 5.74) is 1.71. The number of furan rings is 1. The van der Waals surface area contributed by atoms with Crippen LogP contribution < -0.4 is 5.32 Å². The van der Waals surface area contributed by atoms with Gasteiger partial charge in [0.05, 0.1) is 0 Å². The summed E-state index contributed by atoms with van der Waals surface area (Å²) >= 11 is 0. The summed E-state index contributed by atoms with van der Waals surface area (Å²) < 4.78 is 10.9. The first-order valence-electron chi connectivity index (χ1n) is 9.10. The van der Waals surface area contributed by atoms with E-state index in [0.717, 1.165) is 0 Å². The van der Waals surface area contributed by atoms with Gasteiger partial charge in [-0.2, -0.15) is 0 Å². The summed E-state index contributed by atoms with van der Waals surface area (Å²) in [5.74, 6) is -0.285. The molecule has 0 saturated heterocycles. The summed E-state index contributed by atoms with van der Waals surface area (Å²) in [5, 5.41) is 2.72. The number of ether oxygens (including phenoxy) is 1. The van der Waals surface area contributed by atoms with Crippen molar-refractivity contribution in [2.24, 2.45) is 0 Å². The zero-order chi connectivity index (χ0) is 21.0. The van der Waals surface area contributed by atoms with Crippen LogP contribution in [0.3, 0.4) is 0 Å². The minimum Gasteiger partial charge on any atom is -0.466 e. The molecule has 29 heavy (non-hydrogen) atoms. The second-order valence-corrected chi connectivity index (χ2v) is 6.65. The highest BCUT2D eigenvalue weighted by Crippen LogP contribution is 2.24. The van der Waals surface area contributed by atoms with Crippen LogP contribution >= 0.6 is 0 Å². The molecule has 6 heteroatoms.